The van der Waals surface area contributed by atoms with Crippen LogP contribution in [0.1, 0.15) is 31.8 Å². The highest BCUT2D eigenvalue weighted by Crippen LogP contribution is 2.17. The third-order valence-electron chi connectivity index (χ3n) is 2.06. The summed E-state index contributed by atoms with van der Waals surface area (Å²) >= 11 is 7.42. The zero-order valence-electron chi connectivity index (χ0n) is 8.92. The molecule has 84 valence electrons. The molecule has 0 amide bonds. The Kier molecular flexibility index (Phi) is 5.19. The van der Waals surface area contributed by atoms with Gasteiger partial charge in [0.15, 0.2) is 0 Å². The van der Waals surface area contributed by atoms with Crippen molar-refractivity contribution < 1.29 is 0 Å². The zero-order valence-corrected chi connectivity index (χ0v) is 10.5. The average molecular weight is 247 g/mol. The molecular formula is C10H15ClN2OS. The zero-order chi connectivity index (χ0) is 11.3. The topological polar surface area (TPSA) is 45.8 Å². The molecule has 0 saturated carbocycles. The van der Waals surface area contributed by atoms with Crippen LogP contribution in [0.5, 0.6) is 0 Å². The summed E-state index contributed by atoms with van der Waals surface area (Å²) in [6.45, 7) is 4.30. The lowest BCUT2D eigenvalue weighted by Gasteiger charge is -2.07. The molecule has 0 radical (unpaired) electrons. The molecular weight excluding hydrogens is 232 g/mol. The van der Waals surface area contributed by atoms with Gasteiger partial charge in [-0.1, -0.05) is 13.8 Å². The van der Waals surface area contributed by atoms with Crippen LogP contribution in [0.25, 0.3) is 0 Å². The van der Waals surface area contributed by atoms with Crippen LogP contribution in [0.2, 0.25) is 0 Å². The lowest BCUT2D eigenvalue weighted by atomic mass is 10.4. The van der Waals surface area contributed by atoms with Crippen LogP contribution in [0.3, 0.4) is 0 Å². The summed E-state index contributed by atoms with van der Waals surface area (Å²) in [7, 11) is 0. The second-order valence-electron chi connectivity index (χ2n) is 3.35. The van der Waals surface area contributed by atoms with Gasteiger partial charge in [0.1, 0.15) is 5.82 Å². The molecule has 0 aliphatic rings. The van der Waals surface area contributed by atoms with Gasteiger partial charge in [-0.3, -0.25) is 4.79 Å². The predicted octanol–water partition coefficient (Wildman–Crippen LogP) is 2.54. The number of aromatic amines is 1. The molecule has 1 N–H and O–H groups in total. The second-order valence-corrected chi connectivity index (χ2v) is 5.04. The van der Waals surface area contributed by atoms with E-state index in [9.17, 15) is 4.79 Å². The summed E-state index contributed by atoms with van der Waals surface area (Å²) in [6.07, 6.45) is 1.12. The minimum Gasteiger partial charge on any atom is -0.310 e. The van der Waals surface area contributed by atoms with Crippen molar-refractivity contribution in [3.63, 3.8) is 0 Å². The van der Waals surface area contributed by atoms with Gasteiger partial charge in [0, 0.05) is 11.3 Å². The molecule has 0 aliphatic heterocycles. The molecule has 1 aromatic rings. The van der Waals surface area contributed by atoms with E-state index in [1.165, 1.54) is 6.07 Å². The van der Waals surface area contributed by atoms with Gasteiger partial charge in [0.25, 0.3) is 5.56 Å². The first-order valence-corrected chi connectivity index (χ1v) is 6.50. The standard InChI is InChI=1S/C10H15ClN2OS/c1-3-7(2)15-6-9-12-8(5-11)4-10(14)13-9/h4,7H,3,5-6H2,1-2H3,(H,12,13,14). The maximum Gasteiger partial charge on any atom is 0.251 e. The van der Waals surface area contributed by atoms with E-state index in [1.54, 1.807) is 11.8 Å². The van der Waals surface area contributed by atoms with Crippen molar-refractivity contribution in [1.82, 2.24) is 9.97 Å². The van der Waals surface area contributed by atoms with E-state index < -0.39 is 0 Å². The number of nitrogens with one attached hydrogen (secondary N) is 1. The van der Waals surface area contributed by atoms with Crippen molar-refractivity contribution in [1.29, 1.82) is 0 Å². The Labute approximate surface area is 98.6 Å². The number of hydrogen-bond donors (Lipinski definition) is 1. The maximum absolute atomic E-state index is 11.2. The van der Waals surface area contributed by atoms with Crippen molar-refractivity contribution in [3.05, 3.63) is 27.9 Å². The molecule has 15 heavy (non-hydrogen) atoms. The fourth-order valence-corrected chi connectivity index (χ4v) is 1.99. The molecule has 0 spiro atoms. The summed E-state index contributed by atoms with van der Waals surface area (Å²) in [5, 5.41) is 0.579. The number of halogens is 1. The van der Waals surface area contributed by atoms with Crippen LogP contribution in [-0.2, 0) is 11.6 Å². The molecule has 1 unspecified atom stereocenters. The molecule has 1 heterocycles. The summed E-state index contributed by atoms with van der Waals surface area (Å²) in [5.41, 5.74) is 0.514. The van der Waals surface area contributed by atoms with Crippen molar-refractivity contribution in [2.45, 2.75) is 37.2 Å². The SMILES string of the molecule is CCC(C)SCc1nc(CCl)cc(=O)[nH]1. The highest BCUT2D eigenvalue weighted by atomic mass is 35.5. The lowest BCUT2D eigenvalue weighted by molar-refractivity contribution is 0.896. The molecule has 1 aromatic heterocycles. The Balaban J connectivity index is 2.68. The Hall–Kier alpha value is -0.480. The number of rotatable bonds is 5. The quantitative estimate of drug-likeness (QED) is 0.813. The number of thioether (sulfide) groups is 1. The Morgan fingerprint density at radius 2 is 2.40 bits per heavy atom. The normalized spacial score (nSPS) is 12.7. The fraction of sp³-hybridized carbons (Fsp3) is 0.600. The van der Waals surface area contributed by atoms with E-state index >= 15 is 0 Å². The highest BCUT2D eigenvalue weighted by Gasteiger charge is 2.04. The largest absolute Gasteiger partial charge is 0.310 e. The van der Waals surface area contributed by atoms with Crippen LogP contribution < -0.4 is 5.56 Å². The van der Waals surface area contributed by atoms with E-state index in [0.29, 0.717) is 16.8 Å². The number of aromatic nitrogens is 2. The minimum atomic E-state index is -0.125. The molecule has 0 saturated heterocycles. The second kappa shape index (κ2) is 6.18. The monoisotopic (exact) mass is 246 g/mol. The average Bonchev–Trinajstić information content (AvgIpc) is 2.25. The molecule has 0 bridgehead atoms. The van der Waals surface area contributed by atoms with Crippen molar-refractivity contribution in [3.8, 4) is 0 Å². The van der Waals surface area contributed by atoms with Crippen LogP contribution in [0.15, 0.2) is 10.9 Å². The van der Waals surface area contributed by atoms with E-state index in [-0.39, 0.29) is 11.4 Å². The van der Waals surface area contributed by atoms with Crippen LogP contribution in [-0.4, -0.2) is 15.2 Å². The smallest absolute Gasteiger partial charge is 0.251 e. The molecule has 0 aromatic carbocycles. The van der Waals surface area contributed by atoms with Gasteiger partial charge in [0.2, 0.25) is 0 Å². The van der Waals surface area contributed by atoms with Crippen LogP contribution in [0, 0.1) is 0 Å². The highest BCUT2D eigenvalue weighted by molar-refractivity contribution is 7.99. The van der Waals surface area contributed by atoms with Crippen molar-refractivity contribution in [2.24, 2.45) is 0 Å². The number of hydrogen-bond acceptors (Lipinski definition) is 3. The first-order valence-electron chi connectivity index (χ1n) is 4.92. The van der Waals surface area contributed by atoms with E-state index in [2.05, 4.69) is 23.8 Å². The summed E-state index contributed by atoms with van der Waals surface area (Å²) < 4.78 is 0. The van der Waals surface area contributed by atoms with Gasteiger partial charge >= 0.3 is 0 Å². The predicted molar refractivity (Wildman–Crippen MR) is 65.5 cm³/mol. The molecule has 0 aliphatic carbocycles. The van der Waals surface area contributed by atoms with Crippen LogP contribution >= 0.6 is 23.4 Å². The maximum atomic E-state index is 11.2. The van der Waals surface area contributed by atoms with Crippen molar-refractivity contribution in [2.75, 3.05) is 0 Å². The Morgan fingerprint density at radius 1 is 1.67 bits per heavy atom. The molecule has 0 fully saturated rings. The Morgan fingerprint density at radius 3 is 3.00 bits per heavy atom. The minimum absolute atomic E-state index is 0.125. The number of H-pyrrole nitrogens is 1. The van der Waals surface area contributed by atoms with Gasteiger partial charge in [-0.2, -0.15) is 11.8 Å². The molecule has 5 heteroatoms. The molecule has 1 rings (SSSR count). The van der Waals surface area contributed by atoms with Gasteiger partial charge in [-0.05, 0) is 6.42 Å². The third kappa shape index (κ3) is 4.26. The summed E-state index contributed by atoms with van der Waals surface area (Å²) in [6, 6.07) is 1.43. The third-order valence-corrected chi connectivity index (χ3v) is 3.68. The summed E-state index contributed by atoms with van der Waals surface area (Å²) in [5.74, 6) is 1.73. The lowest BCUT2D eigenvalue weighted by Crippen LogP contribution is -2.12. The van der Waals surface area contributed by atoms with E-state index in [4.69, 9.17) is 11.6 Å². The van der Waals surface area contributed by atoms with Gasteiger partial charge < -0.3 is 4.98 Å². The van der Waals surface area contributed by atoms with Gasteiger partial charge in [-0.25, -0.2) is 4.98 Å². The van der Waals surface area contributed by atoms with Crippen LogP contribution in [0.4, 0.5) is 0 Å². The summed E-state index contributed by atoms with van der Waals surface area (Å²) in [4.78, 5) is 18.2. The van der Waals surface area contributed by atoms with E-state index in [1.807, 2.05) is 0 Å². The van der Waals surface area contributed by atoms with Crippen molar-refractivity contribution >= 4 is 23.4 Å². The molecule has 3 nitrogen and oxygen atoms in total. The number of nitrogens with zero attached hydrogens (tertiary/aromatic N) is 1. The fourth-order valence-electron chi connectivity index (χ4n) is 1.04. The van der Waals surface area contributed by atoms with E-state index in [0.717, 1.165) is 12.2 Å². The van der Waals surface area contributed by atoms with Gasteiger partial charge in [0.05, 0.1) is 17.3 Å². The molecule has 1 atom stereocenters. The first-order chi connectivity index (χ1) is 7.15. The number of alkyl halides is 1. The first kappa shape index (κ1) is 12.6. The van der Waals surface area contributed by atoms with Gasteiger partial charge in [-0.15, -0.1) is 11.6 Å². The Bertz CT molecular complexity index is 367.